The number of hydrogen-bond acceptors (Lipinski definition) is 5. The van der Waals surface area contributed by atoms with Gasteiger partial charge >= 0.3 is 0 Å². The molecule has 3 aromatic carbocycles. The summed E-state index contributed by atoms with van der Waals surface area (Å²) in [6.07, 6.45) is 1.74. The number of ether oxygens (including phenoxy) is 1. The summed E-state index contributed by atoms with van der Waals surface area (Å²) >= 11 is 26.0. The number of carbonyl (C=O) groups is 1. The lowest BCUT2D eigenvalue weighted by Crippen LogP contribution is -2.43. The highest BCUT2D eigenvalue weighted by Crippen LogP contribution is 2.32. The minimum Gasteiger partial charge on any atom is -0.488 e. The molecule has 0 bridgehead atoms. The molecule has 1 aromatic heterocycles. The SMILES string of the molecule is CCN(CC)C(=O)C1=C(C)N=c2s/c(=C/c3cc(Cl)ccc3OCc3ccc(Cl)c(Cl)c3)c(=O)n2[C@H]1c1ccc(Cl)cc1. The molecule has 6 nitrogen and oxygen atoms in total. The predicted octanol–water partition coefficient (Wildman–Crippen LogP) is 7.30. The van der Waals surface area contributed by atoms with Crippen LogP contribution in [-0.4, -0.2) is 28.5 Å². The number of halogens is 4. The summed E-state index contributed by atoms with van der Waals surface area (Å²) in [5, 5.41) is 1.94. The van der Waals surface area contributed by atoms with Gasteiger partial charge in [0.25, 0.3) is 11.5 Å². The third-order valence-corrected chi connectivity index (χ3v) is 9.33. The van der Waals surface area contributed by atoms with Crippen LogP contribution >= 0.6 is 57.7 Å². The van der Waals surface area contributed by atoms with Crippen LogP contribution in [0.25, 0.3) is 6.08 Å². The lowest BCUT2D eigenvalue weighted by molar-refractivity contribution is -0.127. The molecule has 0 aliphatic carbocycles. The number of hydrogen-bond donors (Lipinski definition) is 0. The van der Waals surface area contributed by atoms with Gasteiger partial charge in [0.15, 0.2) is 4.80 Å². The van der Waals surface area contributed by atoms with Crippen molar-refractivity contribution < 1.29 is 9.53 Å². The second-order valence-electron chi connectivity index (χ2n) is 9.83. The Morgan fingerprint density at radius 1 is 0.977 bits per heavy atom. The Hall–Kier alpha value is -3.07. The Bertz CT molecular complexity index is 1910. The number of rotatable bonds is 8. The number of fused-ring (bicyclic) bond motifs is 1. The number of amides is 1. The van der Waals surface area contributed by atoms with Crippen LogP contribution in [0.1, 0.15) is 43.5 Å². The molecule has 4 aromatic rings. The summed E-state index contributed by atoms with van der Waals surface area (Å²) in [7, 11) is 0. The molecule has 1 aliphatic heterocycles. The number of likely N-dealkylation sites (N-methyl/N-ethyl adjacent to an activating group) is 1. The van der Waals surface area contributed by atoms with Crippen molar-refractivity contribution in [2.75, 3.05) is 13.1 Å². The van der Waals surface area contributed by atoms with Gasteiger partial charge in [0.1, 0.15) is 12.4 Å². The maximum atomic E-state index is 14.1. The van der Waals surface area contributed by atoms with E-state index < -0.39 is 6.04 Å². The van der Waals surface area contributed by atoms with Gasteiger partial charge in [-0.1, -0.05) is 75.9 Å². The summed E-state index contributed by atoms with van der Waals surface area (Å²) in [5.74, 6) is 0.373. The van der Waals surface area contributed by atoms with Gasteiger partial charge in [0.2, 0.25) is 0 Å². The first-order valence-corrected chi connectivity index (χ1v) is 15.9. The van der Waals surface area contributed by atoms with E-state index in [-0.39, 0.29) is 18.1 Å². The quantitative estimate of drug-likeness (QED) is 0.197. The van der Waals surface area contributed by atoms with E-state index in [4.69, 9.17) is 56.1 Å². The predicted molar refractivity (Wildman–Crippen MR) is 175 cm³/mol. The van der Waals surface area contributed by atoms with Gasteiger partial charge in [-0.25, -0.2) is 4.99 Å². The normalized spacial score (nSPS) is 14.9. The fourth-order valence-electron chi connectivity index (χ4n) is 4.93. The Morgan fingerprint density at radius 3 is 2.35 bits per heavy atom. The van der Waals surface area contributed by atoms with E-state index in [1.54, 1.807) is 58.0 Å². The number of allylic oxidation sites excluding steroid dienone is 1. The maximum Gasteiger partial charge on any atom is 0.271 e. The van der Waals surface area contributed by atoms with Crippen molar-refractivity contribution in [2.45, 2.75) is 33.4 Å². The summed E-state index contributed by atoms with van der Waals surface area (Å²) in [6.45, 7) is 6.95. The van der Waals surface area contributed by atoms with Crippen molar-refractivity contribution in [3.05, 3.63) is 128 Å². The fraction of sp³-hybridized carbons (Fsp3) is 0.219. The van der Waals surface area contributed by atoms with Crippen molar-refractivity contribution in [1.82, 2.24) is 9.47 Å². The average molecular weight is 675 g/mol. The van der Waals surface area contributed by atoms with Crippen LogP contribution < -0.4 is 19.6 Å². The molecule has 43 heavy (non-hydrogen) atoms. The molecule has 5 rings (SSSR count). The summed E-state index contributed by atoms with van der Waals surface area (Å²) in [6, 6.07) is 17.0. The number of carbonyl (C=O) groups excluding carboxylic acids is 1. The van der Waals surface area contributed by atoms with E-state index in [1.807, 2.05) is 39.0 Å². The van der Waals surface area contributed by atoms with Crippen molar-refractivity contribution >= 4 is 69.7 Å². The molecule has 0 fully saturated rings. The van der Waals surface area contributed by atoms with Gasteiger partial charge < -0.3 is 9.64 Å². The largest absolute Gasteiger partial charge is 0.488 e. The molecular weight excluding hydrogens is 648 g/mol. The van der Waals surface area contributed by atoms with Gasteiger partial charge in [-0.3, -0.25) is 14.2 Å². The first-order valence-electron chi connectivity index (χ1n) is 13.5. The smallest absolute Gasteiger partial charge is 0.271 e. The second-order valence-corrected chi connectivity index (χ2v) is 12.5. The molecule has 0 spiro atoms. The zero-order valence-electron chi connectivity index (χ0n) is 23.5. The summed E-state index contributed by atoms with van der Waals surface area (Å²) in [5.41, 5.74) is 2.96. The summed E-state index contributed by atoms with van der Waals surface area (Å²) < 4.78 is 8.12. The number of benzene rings is 3. The fourth-order valence-corrected chi connectivity index (χ4v) is 6.60. The number of thiazole rings is 1. The van der Waals surface area contributed by atoms with Crippen LogP contribution in [-0.2, 0) is 11.4 Å². The standard InChI is InChI=1S/C32H27Cl4N3O3S/c1-4-38(5-2)31(41)28-18(3)37-32-39(29(28)20-7-9-22(33)10-8-20)30(40)27(43-32)16-21-15-23(34)11-13-26(21)42-17-19-6-12-24(35)25(36)14-19/h6-16,29H,4-5,17H2,1-3H3/b27-16+/t29-/m0/s1. The van der Waals surface area contributed by atoms with E-state index in [0.717, 1.165) is 11.1 Å². The average Bonchev–Trinajstić information content (AvgIpc) is 3.28. The summed E-state index contributed by atoms with van der Waals surface area (Å²) in [4.78, 5) is 34.8. The van der Waals surface area contributed by atoms with Gasteiger partial charge in [-0.2, -0.15) is 0 Å². The Labute approximate surface area is 273 Å². The van der Waals surface area contributed by atoms with Crippen LogP contribution in [0.3, 0.4) is 0 Å². The molecule has 11 heteroatoms. The van der Waals surface area contributed by atoms with Crippen LogP contribution in [0.5, 0.6) is 5.75 Å². The van der Waals surface area contributed by atoms with Crippen molar-refractivity contribution in [3.8, 4) is 5.75 Å². The number of nitrogens with zero attached hydrogens (tertiary/aromatic N) is 3. The van der Waals surface area contributed by atoms with E-state index >= 15 is 0 Å². The van der Waals surface area contributed by atoms with E-state index in [0.29, 0.717) is 65.1 Å². The second kappa shape index (κ2) is 13.3. The Morgan fingerprint density at radius 2 is 1.67 bits per heavy atom. The molecule has 0 saturated heterocycles. The molecule has 1 amide bonds. The van der Waals surface area contributed by atoms with Crippen molar-refractivity contribution in [2.24, 2.45) is 4.99 Å². The first kappa shape index (κ1) is 31.4. The third kappa shape index (κ3) is 6.56. The highest BCUT2D eigenvalue weighted by Gasteiger charge is 2.34. The molecule has 0 N–H and O–H groups in total. The van der Waals surface area contributed by atoms with Crippen LogP contribution in [0.15, 0.2) is 81.7 Å². The maximum absolute atomic E-state index is 14.1. The van der Waals surface area contributed by atoms with Gasteiger partial charge in [-0.15, -0.1) is 0 Å². The van der Waals surface area contributed by atoms with Gasteiger partial charge in [0.05, 0.1) is 31.9 Å². The molecular formula is C32H27Cl4N3O3S. The van der Waals surface area contributed by atoms with Crippen LogP contribution in [0.4, 0.5) is 0 Å². The van der Waals surface area contributed by atoms with E-state index in [1.165, 1.54) is 11.3 Å². The monoisotopic (exact) mass is 673 g/mol. The zero-order valence-corrected chi connectivity index (χ0v) is 27.4. The molecule has 0 radical (unpaired) electrons. The lowest BCUT2D eigenvalue weighted by Gasteiger charge is -2.29. The zero-order chi connectivity index (χ0) is 30.8. The topological polar surface area (TPSA) is 63.9 Å². The third-order valence-electron chi connectivity index (χ3n) is 7.13. The molecule has 1 atom stereocenters. The van der Waals surface area contributed by atoms with Crippen LogP contribution in [0, 0.1) is 0 Å². The minimum atomic E-state index is -0.673. The van der Waals surface area contributed by atoms with E-state index in [9.17, 15) is 9.59 Å². The Kier molecular flexibility index (Phi) is 9.69. The Balaban J connectivity index is 1.62. The molecule has 2 heterocycles. The van der Waals surface area contributed by atoms with Crippen molar-refractivity contribution in [1.29, 1.82) is 0 Å². The van der Waals surface area contributed by atoms with E-state index in [2.05, 4.69) is 0 Å². The molecule has 222 valence electrons. The van der Waals surface area contributed by atoms with Crippen LogP contribution in [0.2, 0.25) is 20.1 Å². The molecule has 1 aliphatic rings. The molecule has 0 unspecified atom stereocenters. The highest BCUT2D eigenvalue weighted by molar-refractivity contribution is 7.07. The van der Waals surface area contributed by atoms with Crippen molar-refractivity contribution in [3.63, 3.8) is 0 Å². The minimum absolute atomic E-state index is 0.159. The lowest BCUT2D eigenvalue weighted by atomic mass is 9.94. The highest BCUT2D eigenvalue weighted by atomic mass is 35.5. The molecule has 0 saturated carbocycles. The first-order chi connectivity index (χ1) is 20.6. The van der Waals surface area contributed by atoms with Gasteiger partial charge in [0, 0.05) is 28.7 Å². The number of aromatic nitrogens is 1. The van der Waals surface area contributed by atoms with Gasteiger partial charge in [-0.05, 0) is 80.4 Å².